The molecular formula is C21H20N2O2S. The van der Waals surface area contributed by atoms with Crippen molar-refractivity contribution in [3.8, 4) is 0 Å². The molecular weight excluding hydrogens is 344 g/mol. The Kier molecular flexibility index (Phi) is 5.49. The molecule has 26 heavy (non-hydrogen) atoms. The van der Waals surface area contributed by atoms with Gasteiger partial charge in [0.15, 0.2) is 0 Å². The highest BCUT2D eigenvalue weighted by Crippen LogP contribution is 2.18. The van der Waals surface area contributed by atoms with Crippen molar-refractivity contribution >= 4 is 21.5 Å². The normalized spacial score (nSPS) is 12.0. The molecule has 0 unspecified atom stereocenters. The lowest BCUT2D eigenvalue weighted by Crippen LogP contribution is -2.29. The maximum atomic E-state index is 12.8. The van der Waals surface area contributed by atoms with E-state index in [0.717, 1.165) is 11.3 Å². The van der Waals surface area contributed by atoms with Crippen molar-refractivity contribution in [1.82, 2.24) is 0 Å². The van der Waals surface area contributed by atoms with Crippen LogP contribution in [0.5, 0.6) is 0 Å². The molecule has 4 nitrogen and oxygen atoms in total. The molecule has 0 bridgehead atoms. The van der Waals surface area contributed by atoms with Gasteiger partial charge in [0, 0.05) is 19.2 Å². The van der Waals surface area contributed by atoms with E-state index in [1.165, 1.54) is 0 Å². The molecule has 0 aliphatic carbocycles. The van der Waals surface area contributed by atoms with Crippen molar-refractivity contribution in [2.45, 2.75) is 11.3 Å². The van der Waals surface area contributed by atoms with Crippen LogP contribution in [-0.2, 0) is 16.4 Å². The molecule has 3 aromatic carbocycles. The van der Waals surface area contributed by atoms with Gasteiger partial charge in [-0.2, -0.15) is 8.42 Å². The molecule has 0 radical (unpaired) electrons. The molecule has 3 rings (SSSR count). The first kappa shape index (κ1) is 17.9. The first-order valence-corrected chi connectivity index (χ1v) is 9.72. The van der Waals surface area contributed by atoms with Crippen LogP contribution in [0.3, 0.4) is 0 Å². The first-order chi connectivity index (χ1) is 12.6. The standard InChI is InChI=1S/C21H20N2O2S/c1-23(19-13-7-3-8-14-19)21(17-18-11-5-2-6-12-18)22-26(24,25)20-15-9-4-10-16-20/h2-16H,17H2,1H3/b22-21-. The fraction of sp³-hybridized carbons (Fsp3) is 0.0952. The minimum absolute atomic E-state index is 0.187. The second kappa shape index (κ2) is 7.97. The molecule has 0 saturated carbocycles. The van der Waals surface area contributed by atoms with Crippen molar-refractivity contribution in [3.63, 3.8) is 0 Å². The molecule has 0 fully saturated rings. The fourth-order valence-electron chi connectivity index (χ4n) is 2.58. The van der Waals surface area contributed by atoms with E-state index in [2.05, 4.69) is 4.40 Å². The van der Waals surface area contributed by atoms with E-state index in [-0.39, 0.29) is 4.90 Å². The van der Waals surface area contributed by atoms with Crippen molar-refractivity contribution in [2.75, 3.05) is 11.9 Å². The van der Waals surface area contributed by atoms with Gasteiger partial charge in [0.2, 0.25) is 0 Å². The minimum atomic E-state index is -3.79. The molecule has 0 amide bonds. The lowest BCUT2D eigenvalue weighted by molar-refractivity contribution is 0.598. The monoisotopic (exact) mass is 364 g/mol. The molecule has 132 valence electrons. The van der Waals surface area contributed by atoms with E-state index >= 15 is 0 Å². The molecule has 0 aliphatic heterocycles. The predicted octanol–water partition coefficient (Wildman–Crippen LogP) is 4.15. The Balaban J connectivity index is 2.02. The molecule has 0 aliphatic rings. The maximum absolute atomic E-state index is 12.8. The molecule has 0 N–H and O–H groups in total. The number of hydrogen-bond acceptors (Lipinski definition) is 2. The van der Waals surface area contributed by atoms with Gasteiger partial charge in [0.05, 0.1) is 4.90 Å². The second-order valence-electron chi connectivity index (χ2n) is 5.85. The molecule has 0 heterocycles. The fourth-order valence-corrected chi connectivity index (χ4v) is 3.65. The van der Waals surface area contributed by atoms with E-state index in [1.807, 2.05) is 72.6 Å². The quantitative estimate of drug-likeness (QED) is 0.505. The van der Waals surface area contributed by atoms with Crippen LogP contribution in [0.4, 0.5) is 5.69 Å². The summed E-state index contributed by atoms with van der Waals surface area (Å²) in [5, 5.41) is 0. The van der Waals surface area contributed by atoms with E-state index in [9.17, 15) is 8.42 Å². The average Bonchev–Trinajstić information content (AvgIpc) is 2.69. The summed E-state index contributed by atoms with van der Waals surface area (Å²) >= 11 is 0. The van der Waals surface area contributed by atoms with Gasteiger partial charge in [-0.25, -0.2) is 0 Å². The SMILES string of the molecule is CN(/C(Cc1ccccc1)=N\S(=O)(=O)c1ccccc1)c1ccccc1. The molecule has 0 atom stereocenters. The minimum Gasteiger partial charge on any atom is -0.332 e. The Hall–Kier alpha value is -2.92. The van der Waals surface area contributed by atoms with Crippen molar-refractivity contribution < 1.29 is 8.42 Å². The highest BCUT2D eigenvalue weighted by molar-refractivity contribution is 7.90. The van der Waals surface area contributed by atoms with Gasteiger partial charge in [0.25, 0.3) is 10.0 Å². The van der Waals surface area contributed by atoms with Gasteiger partial charge in [-0.3, -0.25) is 0 Å². The summed E-state index contributed by atoms with van der Waals surface area (Å²) in [7, 11) is -1.96. The highest BCUT2D eigenvalue weighted by Gasteiger charge is 2.17. The summed E-state index contributed by atoms with van der Waals surface area (Å²) < 4.78 is 29.7. The molecule has 0 spiro atoms. The Labute approximate surface area is 154 Å². The average molecular weight is 364 g/mol. The molecule has 0 aromatic heterocycles. The van der Waals surface area contributed by atoms with Gasteiger partial charge in [-0.15, -0.1) is 4.40 Å². The third kappa shape index (κ3) is 4.37. The lowest BCUT2D eigenvalue weighted by atomic mass is 10.1. The third-order valence-corrected chi connectivity index (χ3v) is 5.32. The highest BCUT2D eigenvalue weighted by atomic mass is 32.2. The van der Waals surface area contributed by atoms with Crippen molar-refractivity contribution in [3.05, 3.63) is 96.6 Å². The van der Waals surface area contributed by atoms with Gasteiger partial charge in [0.1, 0.15) is 5.84 Å². The van der Waals surface area contributed by atoms with Crippen LogP contribution in [-0.4, -0.2) is 21.3 Å². The van der Waals surface area contributed by atoms with Gasteiger partial charge in [-0.1, -0.05) is 66.7 Å². The number of hydrogen-bond donors (Lipinski definition) is 0. The predicted molar refractivity (Wildman–Crippen MR) is 106 cm³/mol. The Morgan fingerprint density at radius 1 is 0.808 bits per heavy atom. The molecule has 0 saturated heterocycles. The van der Waals surface area contributed by atoms with Crippen LogP contribution in [0.2, 0.25) is 0 Å². The van der Waals surface area contributed by atoms with Crippen LogP contribution in [0, 0.1) is 0 Å². The Bertz CT molecular complexity index is 970. The lowest BCUT2D eigenvalue weighted by Gasteiger charge is -2.21. The van der Waals surface area contributed by atoms with Crippen LogP contribution < -0.4 is 4.90 Å². The van der Waals surface area contributed by atoms with E-state index < -0.39 is 10.0 Å². The maximum Gasteiger partial charge on any atom is 0.283 e. The summed E-state index contributed by atoms with van der Waals surface area (Å²) in [4.78, 5) is 2.00. The first-order valence-electron chi connectivity index (χ1n) is 8.28. The number of amidine groups is 1. The summed E-state index contributed by atoms with van der Waals surface area (Å²) in [6, 6.07) is 27.6. The van der Waals surface area contributed by atoms with Crippen LogP contribution in [0.1, 0.15) is 5.56 Å². The van der Waals surface area contributed by atoms with Crippen LogP contribution in [0.15, 0.2) is 100 Å². The summed E-state index contributed by atoms with van der Waals surface area (Å²) in [5.41, 5.74) is 1.88. The largest absolute Gasteiger partial charge is 0.332 e. The van der Waals surface area contributed by atoms with Crippen LogP contribution >= 0.6 is 0 Å². The number of rotatable bonds is 5. The Morgan fingerprint density at radius 2 is 1.31 bits per heavy atom. The molecule has 5 heteroatoms. The van der Waals surface area contributed by atoms with Gasteiger partial charge >= 0.3 is 0 Å². The zero-order valence-electron chi connectivity index (χ0n) is 14.5. The van der Waals surface area contributed by atoms with Gasteiger partial charge < -0.3 is 4.90 Å². The number of anilines is 1. The number of sulfonamides is 1. The van der Waals surface area contributed by atoms with E-state index in [1.54, 1.807) is 30.3 Å². The Morgan fingerprint density at radius 3 is 1.88 bits per heavy atom. The second-order valence-corrected chi connectivity index (χ2v) is 7.46. The van der Waals surface area contributed by atoms with Crippen molar-refractivity contribution in [2.24, 2.45) is 4.40 Å². The van der Waals surface area contributed by atoms with E-state index in [0.29, 0.717) is 12.3 Å². The summed E-state index contributed by atoms with van der Waals surface area (Å²) in [5.74, 6) is 0.464. The number of para-hydroxylation sites is 1. The molecule has 3 aromatic rings. The smallest absolute Gasteiger partial charge is 0.283 e. The van der Waals surface area contributed by atoms with Crippen LogP contribution in [0.25, 0.3) is 0 Å². The number of likely N-dealkylation sites (N-methyl/N-ethyl adjacent to an activating group) is 1. The summed E-state index contributed by atoms with van der Waals surface area (Å²) in [6.45, 7) is 0. The third-order valence-electron chi connectivity index (χ3n) is 4.00. The zero-order chi connectivity index (χ0) is 18.4. The topological polar surface area (TPSA) is 49.7 Å². The van der Waals surface area contributed by atoms with Gasteiger partial charge in [-0.05, 0) is 29.8 Å². The number of nitrogens with zero attached hydrogens (tertiary/aromatic N) is 2. The summed E-state index contributed by atoms with van der Waals surface area (Å²) in [6.07, 6.45) is 0.415. The van der Waals surface area contributed by atoms with E-state index in [4.69, 9.17) is 0 Å². The number of benzene rings is 3. The van der Waals surface area contributed by atoms with Crippen molar-refractivity contribution in [1.29, 1.82) is 0 Å². The zero-order valence-corrected chi connectivity index (χ0v) is 15.3.